The van der Waals surface area contributed by atoms with Crippen molar-refractivity contribution in [1.82, 2.24) is 0 Å². The van der Waals surface area contributed by atoms with Gasteiger partial charge in [-0.2, -0.15) is 0 Å². The maximum Gasteiger partial charge on any atom is 0.261 e. The first-order valence-electron chi connectivity index (χ1n) is 10.3. The van der Waals surface area contributed by atoms with Crippen molar-refractivity contribution in [3.63, 3.8) is 0 Å². The molecule has 1 fully saturated rings. The van der Waals surface area contributed by atoms with Crippen molar-refractivity contribution in [3.05, 3.63) is 83.7 Å². The molecule has 3 aromatic rings. The number of carbonyl (C=O) groups excluding carboxylic acids is 2. The topological polar surface area (TPSA) is 104 Å². The van der Waals surface area contributed by atoms with Crippen LogP contribution < -0.4 is 15.4 Å². The molecule has 0 aromatic heterocycles. The molecule has 1 aliphatic rings. The second kappa shape index (κ2) is 9.03. The van der Waals surface area contributed by atoms with Crippen molar-refractivity contribution in [2.24, 2.45) is 5.92 Å². The van der Waals surface area contributed by atoms with Crippen molar-refractivity contribution < 1.29 is 22.4 Å². The average molecular weight is 468 g/mol. The van der Waals surface area contributed by atoms with Crippen LogP contribution in [0.5, 0.6) is 0 Å². The lowest BCUT2D eigenvalue weighted by atomic mass is 10.2. The van der Waals surface area contributed by atoms with E-state index in [0.717, 1.165) is 18.9 Å². The number of hydrogen-bond donors (Lipinski definition) is 3. The molecule has 4 rings (SSSR count). The summed E-state index contributed by atoms with van der Waals surface area (Å²) in [6.45, 7) is 1.54. The summed E-state index contributed by atoms with van der Waals surface area (Å²) < 4.78 is 41.4. The molecule has 0 bridgehead atoms. The Labute approximate surface area is 191 Å². The van der Waals surface area contributed by atoms with E-state index in [0.29, 0.717) is 16.9 Å². The lowest BCUT2D eigenvalue weighted by Gasteiger charge is -2.11. The number of hydrogen-bond acceptors (Lipinski definition) is 4. The first-order chi connectivity index (χ1) is 15.7. The third-order valence-corrected chi connectivity index (χ3v) is 6.55. The van der Waals surface area contributed by atoms with Crippen LogP contribution in [-0.2, 0) is 14.8 Å². The molecule has 0 heterocycles. The molecule has 7 nitrogen and oxygen atoms in total. The maximum atomic E-state index is 13.8. The van der Waals surface area contributed by atoms with E-state index in [1.807, 2.05) is 0 Å². The molecule has 33 heavy (non-hydrogen) atoms. The van der Waals surface area contributed by atoms with E-state index in [1.54, 1.807) is 24.3 Å². The normalized spacial score (nSPS) is 13.3. The smallest absolute Gasteiger partial charge is 0.261 e. The molecule has 0 atom stereocenters. The number of anilines is 3. The Kier molecular flexibility index (Phi) is 6.15. The number of aryl methyl sites for hydroxylation is 1. The molecule has 1 aliphatic carbocycles. The van der Waals surface area contributed by atoms with Gasteiger partial charge in [0.25, 0.3) is 15.9 Å². The van der Waals surface area contributed by atoms with Crippen molar-refractivity contribution in [2.75, 3.05) is 15.4 Å². The summed E-state index contributed by atoms with van der Waals surface area (Å²) in [6.07, 6.45) is 1.78. The molecule has 0 radical (unpaired) electrons. The Morgan fingerprint density at radius 3 is 2.24 bits per heavy atom. The summed E-state index contributed by atoms with van der Waals surface area (Å²) in [7, 11) is -4.04. The average Bonchev–Trinajstić information content (AvgIpc) is 3.61. The highest BCUT2D eigenvalue weighted by Gasteiger charge is 2.29. The zero-order chi connectivity index (χ0) is 23.6. The summed E-state index contributed by atoms with van der Waals surface area (Å²) in [5.74, 6) is -1.05. The minimum Gasteiger partial charge on any atom is -0.326 e. The quantitative estimate of drug-likeness (QED) is 0.475. The standard InChI is InChI=1S/C24H22FN3O4S/c1-15-8-11-21(14-22(15)25)33(31,32)28-20-7-2-4-17(12-20)24(30)27-19-6-3-5-18(13-19)26-23(29)16-9-10-16/h2-8,11-14,16,28H,9-10H2,1H3,(H,26,29)(H,27,30). The lowest BCUT2D eigenvalue weighted by molar-refractivity contribution is -0.117. The van der Waals surface area contributed by atoms with E-state index in [2.05, 4.69) is 15.4 Å². The second-order valence-electron chi connectivity index (χ2n) is 7.90. The third kappa shape index (κ3) is 5.56. The zero-order valence-corrected chi connectivity index (χ0v) is 18.6. The molecule has 2 amide bonds. The number of rotatable bonds is 7. The number of nitrogens with one attached hydrogen (secondary N) is 3. The van der Waals surface area contributed by atoms with Crippen LogP contribution in [0.25, 0.3) is 0 Å². The molecule has 0 spiro atoms. The molecule has 3 N–H and O–H groups in total. The second-order valence-corrected chi connectivity index (χ2v) is 9.58. The van der Waals surface area contributed by atoms with Gasteiger partial charge in [-0.15, -0.1) is 0 Å². The van der Waals surface area contributed by atoms with Gasteiger partial charge in [-0.05, 0) is 73.9 Å². The predicted octanol–water partition coefficient (Wildman–Crippen LogP) is 4.54. The highest BCUT2D eigenvalue weighted by molar-refractivity contribution is 7.92. The first-order valence-corrected chi connectivity index (χ1v) is 11.8. The maximum absolute atomic E-state index is 13.8. The highest BCUT2D eigenvalue weighted by atomic mass is 32.2. The SMILES string of the molecule is Cc1ccc(S(=O)(=O)Nc2cccc(C(=O)Nc3cccc(NC(=O)C4CC4)c3)c2)cc1F. The molecule has 3 aromatic carbocycles. The largest absolute Gasteiger partial charge is 0.326 e. The minimum atomic E-state index is -4.04. The Morgan fingerprint density at radius 2 is 1.55 bits per heavy atom. The summed E-state index contributed by atoms with van der Waals surface area (Å²) in [6, 6.07) is 16.4. The van der Waals surface area contributed by atoms with Crippen LogP contribution >= 0.6 is 0 Å². The minimum absolute atomic E-state index is 0.0353. The van der Waals surface area contributed by atoms with Gasteiger partial charge in [0, 0.05) is 28.5 Å². The van der Waals surface area contributed by atoms with Crippen molar-refractivity contribution in [2.45, 2.75) is 24.7 Å². The van der Waals surface area contributed by atoms with E-state index in [1.165, 1.54) is 43.3 Å². The molecule has 0 saturated heterocycles. The van der Waals surface area contributed by atoms with Gasteiger partial charge in [-0.25, -0.2) is 12.8 Å². The van der Waals surface area contributed by atoms with Gasteiger partial charge in [-0.1, -0.05) is 18.2 Å². The highest BCUT2D eigenvalue weighted by Crippen LogP contribution is 2.30. The first kappa shape index (κ1) is 22.5. The van der Waals surface area contributed by atoms with E-state index in [4.69, 9.17) is 0 Å². The summed E-state index contributed by atoms with van der Waals surface area (Å²) >= 11 is 0. The fourth-order valence-corrected chi connectivity index (χ4v) is 4.21. The number of sulfonamides is 1. The summed E-state index contributed by atoms with van der Waals surface area (Å²) in [4.78, 5) is 24.4. The van der Waals surface area contributed by atoms with Crippen LogP contribution in [0, 0.1) is 18.7 Å². The molecule has 170 valence electrons. The lowest BCUT2D eigenvalue weighted by Crippen LogP contribution is -2.16. The Bertz CT molecular complexity index is 1340. The molecular formula is C24H22FN3O4S. The predicted molar refractivity (Wildman–Crippen MR) is 124 cm³/mol. The molecule has 9 heteroatoms. The van der Waals surface area contributed by atoms with Gasteiger partial charge >= 0.3 is 0 Å². The van der Waals surface area contributed by atoms with Crippen molar-refractivity contribution >= 4 is 38.9 Å². The molecule has 0 unspecified atom stereocenters. The summed E-state index contributed by atoms with van der Waals surface area (Å²) in [5.41, 5.74) is 1.78. The Hall–Kier alpha value is -3.72. The number of benzene rings is 3. The van der Waals surface area contributed by atoms with Gasteiger partial charge in [0.05, 0.1) is 4.90 Å². The van der Waals surface area contributed by atoms with Crippen LogP contribution in [-0.4, -0.2) is 20.2 Å². The number of amides is 2. The van der Waals surface area contributed by atoms with Crippen molar-refractivity contribution in [3.8, 4) is 0 Å². The fourth-order valence-electron chi connectivity index (χ4n) is 3.15. The van der Waals surface area contributed by atoms with Crippen LogP contribution in [0.2, 0.25) is 0 Å². The van der Waals surface area contributed by atoms with Crippen LogP contribution in [0.1, 0.15) is 28.8 Å². The number of halogens is 1. The molecule has 0 aliphatic heterocycles. The number of carbonyl (C=O) groups is 2. The monoisotopic (exact) mass is 467 g/mol. The van der Waals surface area contributed by atoms with E-state index < -0.39 is 21.7 Å². The Balaban J connectivity index is 1.46. The van der Waals surface area contributed by atoms with Crippen LogP contribution in [0.4, 0.5) is 21.5 Å². The molecule has 1 saturated carbocycles. The van der Waals surface area contributed by atoms with Gasteiger partial charge in [0.1, 0.15) is 5.82 Å². The van der Waals surface area contributed by atoms with Crippen molar-refractivity contribution in [1.29, 1.82) is 0 Å². The third-order valence-electron chi connectivity index (χ3n) is 5.17. The molecular weight excluding hydrogens is 445 g/mol. The fraction of sp³-hybridized carbons (Fsp3) is 0.167. The van der Waals surface area contributed by atoms with Crippen LogP contribution in [0.3, 0.4) is 0 Å². The van der Waals surface area contributed by atoms with Gasteiger partial charge in [0.15, 0.2) is 0 Å². The van der Waals surface area contributed by atoms with Gasteiger partial charge < -0.3 is 10.6 Å². The zero-order valence-electron chi connectivity index (χ0n) is 17.8. The van der Waals surface area contributed by atoms with Gasteiger partial charge in [-0.3, -0.25) is 14.3 Å². The van der Waals surface area contributed by atoms with E-state index in [-0.39, 0.29) is 28.0 Å². The Morgan fingerprint density at radius 1 is 0.879 bits per heavy atom. The van der Waals surface area contributed by atoms with Crippen LogP contribution in [0.15, 0.2) is 71.6 Å². The van der Waals surface area contributed by atoms with E-state index in [9.17, 15) is 22.4 Å². The van der Waals surface area contributed by atoms with E-state index >= 15 is 0 Å². The summed E-state index contributed by atoms with van der Waals surface area (Å²) in [5, 5.41) is 5.56. The van der Waals surface area contributed by atoms with Gasteiger partial charge in [0.2, 0.25) is 5.91 Å².